The van der Waals surface area contributed by atoms with E-state index in [-0.39, 0.29) is 17.8 Å². The van der Waals surface area contributed by atoms with Crippen LogP contribution < -0.4 is 5.73 Å². The van der Waals surface area contributed by atoms with Crippen LogP contribution >= 0.6 is 15.9 Å². The fourth-order valence-electron chi connectivity index (χ4n) is 1.22. The fraction of sp³-hybridized carbons (Fsp3) is 0.125. The van der Waals surface area contributed by atoms with Crippen molar-refractivity contribution in [2.45, 2.75) is 0 Å². The molecule has 0 fully saturated rings. The predicted octanol–water partition coefficient (Wildman–Crippen LogP) is 0.747. The SMILES string of the molecule is NC1=NC(=O)C2C=CC(Br)=CC2=N1. The summed E-state index contributed by atoms with van der Waals surface area (Å²) in [6.45, 7) is 0. The number of hydrogen-bond acceptors (Lipinski definition) is 3. The van der Waals surface area contributed by atoms with E-state index in [1.165, 1.54) is 0 Å². The van der Waals surface area contributed by atoms with Gasteiger partial charge in [0, 0.05) is 4.48 Å². The molecule has 0 spiro atoms. The van der Waals surface area contributed by atoms with E-state index in [1.54, 1.807) is 18.2 Å². The molecule has 1 atom stereocenters. The number of rotatable bonds is 0. The van der Waals surface area contributed by atoms with Gasteiger partial charge in [0.25, 0.3) is 5.91 Å². The highest BCUT2D eigenvalue weighted by molar-refractivity contribution is 9.11. The van der Waals surface area contributed by atoms with Crippen LogP contribution in [0.25, 0.3) is 0 Å². The smallest absolute Gasteiger partial charge is 0.261 e. The predicted molar refractivity (Wildman–Crippen MR) is 53.7 cm³/mol. The first-order valence-electron chi connectivity index (χ1n) is 3.69. The third kappa shape index (κ3) is 1.47. The van der Waals surface area contributed by atoms with Gasteiger partial charge in [-0.1, -0.05) is 28.1 Å². The molecule has 2 rings (SSSR count). The van der Waals surface area contributed by atoms with Crippen molar-refractivity contribution in [2.75, 3.05) is 0 Å². The molecule has 1 amide bonds. The first kappa shape index (κ1) is 8.37. The van der Waals surface area contributed by atoms with Gasteiger partial charge in [0.05, 0.1) is 5.71 Å². The summed E-state index contributed by atoms with van der Waals surface area (Å²) < 4.78 is 0.880. The largest absolute Gasteiger partial charge is 0.368 e. The minimum Gasteiger partial charge on any atom is -0.368 e. The Morgan fingerprint density at radius 2 is 2.23 bits per heavy atom. The number of carbonyl (C=O) groups is 1. The van der Waals surface area contributed by atoms with Gasteiger partial charge in [0.2, 0.25) is 5.96 Å². The molecule has 2 N–H and O–H groups in total. The van der Waals surface area contributed by atoms with Crippen molar-refractivity contribution in [3.63, 3.8) is 0 Å². The fourth-order valence-corrected chi connectivity index (χ4v) is 1.60. The zero-order chi connectivity index (χ0) is 9.42. The third-order valence-electron chi connectivity index (χ3n) is 1.79. The second-order valence-electron chi connectivity index (χ2n) is 2.71. The van der Waals surface area contributed by atoms with Gasteiger partial charge in [-0.15, -0.1) is 0 Å². The zero-order valence-corrected chi connectivity index (χ0v) is 8.15. The van der Waals surface area contributed by atoms with Crippen molar-refractivity contribution in [1.29, 1.82) is 0 Å². The van der Waals surface area contributed by atoms with Crippen molar-refractivity contribution in [3.8, 4) is 0 Å². The van der Waals surface area contributed by atoms with Crippen LogP contribution in [0.3, 0.4) is 0 Å². The quantitative estimate of drug-likeness (QED) is 0.678. The van der Waals surface area contributed by atoms with Gasteiger partial charge in [-0.05, 0) is 6.08 Å². The van der Waals surface area contributed by atoms with Crippen LogP contribution in [0.15, 0.2) is 32.7 Å². The van der Waals surface area contributed by atoms with E-state index >= 15 is 0 Å². The van der Waals surface area contributed by atoms with Crippen molar-refractivity contribution < 1.29 is 4.79 Å². The summed E-state index contributed by atoms with van der Waals surface area (Å²) in [5, 5.41) is 0. The number of hydrogen-bond donors (Lipinski definition) is 1. The normalized spacial score (nSPS) is 26.1. The Bertz CT molecular complexity index is 392. The second kappa shape index (κ2) is 2.92. The van der Waals surface area contributed by atoms with Gasteiger partial charge < -0.3 is 5.73 Å². The molecule has 2 aliphatic rings. The molecule has 1 unspecified atom stereocenters. The highest BCUT2D eigenvalue weighted by atomic mass is 79.9. The van der Waals surface area contributed by atoms with Gasteiger partial charge in [-0.3, -0.25) is 4.79 Å². The lowest BCUT2D eigenvalue weighted by molar-refractivity contribution is -0.118. The third-order valence-corrected chi connectivity index (χ3v) is 2.28. The lowest BCUT2D eigenvalue weighted by atomic mass is 9.97. The number of fused-ring (bicyclic) bond motifs is 1. The molecule has 1 heterocycles. The molecule has 0 saturated carbocycles. The molecule has 1 aliphatic heterocycles. The molecule has 0 aromatic rings. The Morgan fingerprint density at radius 3 is 3.00 bits per heavy atom. The molecular formula is C8H6BrN3O. The van der Waals surface area contributed by atoms with Crippen molar-refractivity contribution in [1.82, 2.24) is 0 Å². The van der Waals surface area contributed by atoms with Crippen LogP contribution in [0.4, 0.5) is 0 Å². The van der Waals surface area contributed by atoms with Gasteiger partial charge in [0.1, 0.15) is 5.92 Å². The average molecular weight is 240 g/mol. The van der Waals surface area contributed by atoms with Gasteiger partial charge >= 0.3 is 0 Å². The van der Waals surface area contributed by atoms with Crippen LogP contribution in [0.5, 0.6) is 0 Å². The minimum atomic E-state index is -0.353. The number of allylic oxidation sites excluding steroid dienone is 3. The summed E-state index contributed by atoms with van der Waals surface area (Å²) in [6.07, 6.45) is 5.32. The molecule has 4 nitrogen and oxygen atoms in total. The minimum absolute atomic E-state index is 0.0306. The zero-order valence-electron chi connectivity index (χ0n) is 6.57. The van der Waals surface area contributed by atoms with Crippen LogP contribution in [-0.2, 0) is 4.79 Å². The Hall–Kier alpha value is -1.23. The molecule has 0 aromatic carbocycles. The first-order valence-corrected chi connectivity index (χ1v) is 4.48. The topological polar surface area (TPSA) is 67.8 Å². The van der Waals surface area contributed by atoms with Crippen molar-refractivity contribution in [3.05, 3.63) is 22.7 Å². The van der Waals surface area contributed by atoms with Gasteiger partial charge in [-0.25, -0.2) is 4.99 Å². The maximum Gasteiger partial charge on any atom is 0.261 e. The summed E-state index contributed by atoms with van der Waals surface area (Å²) in [5.74, 6) is -0.577. The van der Waals surface area contributed by atoms with Crippen LogP contribution in [-0.4, -0.2) is 17.6 Å². The molecular weight excluding hydrogens is 234 g/mol. The molecule has 0 bridgehead atoms. The number of guanidine groups is 1. The van der Waals surface area contributed by atoms with Crippen molar-refractivity contribution in [2.24, 2.45) is 21.6 Å². The monoisotopic (exact) mass is 239 g/mol. The van der Waals surface area contributed by atoms with E-state index in [0.29, 0.717) is 5.71 Å². The van der Waals surface area contributed by atoms with Crippen LogP contribution in [0.1, 0.15) is 0 Å². The summed E-state index contributed by atoms with van der Waals surface area (Å²) in [6, 6.07) is 0. The number of carbonyl (C=O) groups excluding carboxylic acids is 1. The number of amides is 1. The molecule has 0 aromatic heterocycles. The Morgan fingerprint density at radius 1 is 1.46 bits per heavy atom. The molecule has 5 heteroatoms. The molecule has 13 heavy (non-hydrogen) atoms. The van der Waals surface area contributed by atoms with Crippen LogP contribution in [0, 0.1) is 5.92 Å². The van der Waals surface area contributed by atoms with Crippen LogP contribution in [0.2, 0.25) is 0 Å². The lowest BCUT2D eigenvalue weighted by Gasteiger charge is -2.16. The molecule has 1 aliphatic carbocycles. The summed E-state index contributed by atoms with van der Waals surface area (Å²) in [5.41, 5.74) is 6.00. The van der Waals surface area contributed by atoms with E-state index in [0.717, 1.165) is 4.48 Å². The number of aliphatic imine (C=N–C) groups is 2. The second-order valence-corrected chi connectivity index (χ2v) is 3.63. The lowest BCUT2D eigenvalue weighted by Crippen LogP contribution is -2.30. The van der Waals surface area contributed by atoms with E-state index < -0.39 is 0 Å². The van der Waals surface area contributed by atoms with Gasteiger partial charge in [0.15, 0.2) is 0 Å². The Labute approximate surface area is 83.1 Å². The molecule has 0 radical (unpaired) electrons. The summed E-state index contributed by atoms with van der Waals surface area (Å²) >= 11 is 3.29. The molecule has 0 saturated heterocycles. The van der Waals surface area contributed by atoms with Gasteiger partial charge in [-0.2, -0.15) is 4.99 Å². The van der Waals surface area contributed by atoms with E-state index in [9.17, 15) is 4.79 Å². The highest BCUT2D eigenvalue weighted by Crippen LogP contribution is 2.21. The maximum absolute atomic E-state index is 11.3. The van der Waals surface area contributed by atoms with Crippen molar-refractivity contribution >= 4 is 33.5 Å². The first-order chi connectivity index (χ1) is 6.16. The summed E-state index contributed by atoms with van der Waals surface area (Å²) in [7, 11) is 0. The Balaban J connectivity index is 2.46. The average Bonchev–Trinajstić information content (AvgIpc) is 2.02. The van der Waals surface area contributed by atoms with E-state index in [2.05, 4.69) is 25.9 Å². The Kier molecular flexibility index (Phi) is 1.88. The number of nitrogens with two attached hydrogens (primary N) is 1. The molecule has 66 valence electrons. The van der Waals surface area contributed by atoms with E-state index in [4.69, 9.17) is 5.73 Å². The number of halogens is 1. The standard InChI is InChI=1S/C8H6BrN3O/c9-4-1-2-5-6(3-4)11-8(10)12-7(5)13/h1-3,5H,(H2,10,12,13). The van der Waals surface area contributed by atoms with E-state index in [1.807, 2.05) is 0 Å². The number of nitrogens with zero attached hydrogens (tertiary/aromatic N) is 2. The summed E-state index contributed by atoms with van der Waals surface area (Å²) in [4.78, 5) is 18.8. The highest BCUT2D eigenvalue weighted by Gasteiger charge is 2.26. The maximum atomic E-state index is 11.3.